The highest BCUT2D eigenvalue weighted by Gasteiger charge is 2.14. The third kappa shape index (κ3) is 3.10. The van der Waals surface area contributed by atoms with E-state index >= 15 is 0 Å². The number of hydrogen-bond acceptors (Lipinski definition) is 3. The molecule has 142 valence electrons. The molecule has 8 heteroatoms. The lowest BCUT2D eigenvalue weighted by atomic mass is 10.2. The van der Waals surface area contributed by atoms with Crippen LogP contribution in [0.4, 0.5) is 0 Å². The van der Waals surface area contributed by atoms with Crippen molar-refractivity contribution in [2.45, 2.75) is 6.54 Å². The number of carbonyl (C=O) groups is 1. The van der Waals surface area contributed by atoms with Gasteiger partial charge in [-0.1, -0.05) is 23.7 Å². The highest BCUT2D eigenvalue weighted by molar-refractivity contribution is 6.31. The van der Waals surface area contributed by atoms with Crippen molar-refractivity contribution in [2.75, 3.05) is 6.54 Å². The Hall–Kier alpha value is -3.32. The molecule has 0 fully saturated rings. The van der Waals surface area contributed by atoms with Crippen molar-refractivity contribution in [3.05, 3.63) is 80.0 Å². The quantitative estimate of drug-likeness (QED) is 0.518. The van der Waals surface area contributed by atoms with Crippen LogP contribution in [0.25, 0.3) is 21.9 Å². The standard InChI is InChI=1S/C20H17ClN4O3/c1-24-15-7-6-13(21)10-12(15)11-17(24)18(26)22-8-9-25-16-5-3-2-4-14(16)23-19(27)20(25)28/h2-7,10-11H,8-9H2,1H3,(H,22,26)(H,23,27). The predicted octanol–water partition coefficient (Wildman–Crippen LogP) is 2.26. The van der Waals surface area contributed by atoms with Crippen molar-refractivity contribution in [3.8, 4) is 0 Å². The average molecular weight is 397 g/mol. The first-order valence-electron chi connectivity index (χ1n) is 8.71. The van der Waals surface area contributed by atoms with Gasteiger partial charge in [0.25, 0.3) is 5.91 Å². The largest absolute Gasteiger partial charge is 0.349 e. The Morgan fingerprint density at radius 1 is 1.11 bits per heavy atom. The molecule has 0 aliphatic carbocycles. The Morgan fingerprint density at radius 3 is 2.71 bits per heavy atom. The summed E-state index contributed by atoms with van der Waals surface area (Å²) in [5, 5.41) is 4.29. The van der Waals surface area contributed by atoms with E-state index in [1.54, 1.807) is 54.1 Å². The van der Waals surface area contributed by atoms with Crippen LogP contribution in [0.3, 0.4) is 0 Å². The molecule has 4 rings (SSSR count). The van der Waals surface area contributed by atoms with Gasteiger partial charge in [-0.2, -0.15) is 0 Å². The molecule has 1 amide bonds. The molecule has 0 atom stereocenters. The number of rotatable bonds is 4. The number of aryl methyl sites for hydroxylation is 1. The second-order valence-electron chi connectivity index (χ2n) is 6.48. The highest BCUT2D eigenvalue weighted by atomic mass is 35.5. The van der Waals surface area contributed by atoms with Gasteiger partial charge in [-0.15, -0.1) is 0 Å². The van der Waals surface area contributed by atoms with Crippen LogP contribution < -0.4 is 16.4 Å². The Morgan fingerprint density at radius 2 is 1.89 bits per heavy atom. The van der Waals surface area contributed by atoms with Crippen molar-refractivity contribution in [1.29, 1.82) is 0 Å². The van der Waals surface area contributed by atoms with E-state index in [1.165, 1.54) is 4.57 Å². The number of para-hydroxylation sites is 2. The molecule has 0 saturated heterocycles. The number of nitrogens with one attached hydrogen (secondary N) is 2. The number of carbonyl (C=O) groups excluding carboxylic acids is 1. The summed E-state index contributed by atoms with van der Waals surface area (Å²) in [6.45, 7) is 0.388. The summed E-state index contributed by atoms with van der Waals surface area (Å²) in [6, 6.07) is 14.2. The Kier molecular flexibility index (Phi) is 4.52. The predicted molar refractivity (Wildman–Crippen MR) is 109 cm³/mol. The topological polar surface area (TPSA) is 88.9 Å². The van der Waals surface area contributed by atoms with Crippen molar-refractivity contribution >= 4 is 39.4 Å². The molecule has 2 N–H and O–H groups in total. The smallest absolute Gasteiger partial charge is 0.316 e. The molecular weight excluding hydrogens is 380 g/mol. The van der Waals surface area contributed by atoms with Gasteiger partial charge in [-0.3, -0.25) is 14.4 Å². The number of benzene rings is 2. The molecule has 0 aliphatic heterocycles. The molecule has 0 saturated carbocycles. The molecule has 28 heavy (non-hydrogen) atoms. The van der Waals surface area contributed by atoms with Gasteiger partial charge in [-0.25, -0.2) is 0 Å². The fourth-order valence-electron chi connectivity index (χ4n) is 3.35. The van der Waals surface area contributed by atoms with E-state index in [9.17, 15) is 14.4 Å². The maximum atomic E-state index is 12.6. The number of aromatic amines is 1. The fraction of sp³-hybridized carbons (Fsp3) is 0.150. The molecule has 0 radical (unpaired) electrons. The minimum absolute atomic E-state index is 0.185. The fourth-order valence-corrected chi connectivity index (χ4v) is 3.53. The summed E-state index contributed by atoms with van der Waals surface area (Å²) in [4.78, 5) is 39.2. The Balaban J connectivity index is 1.57. The van der Waals surface area contributed by atoms with Crippen LogP contribution >= 0.6 is 11.6 Å². The van der Waals surface area contributed by atoms with Gasteiger partial charge < -0.3 is 19.4 Å². The minimum Gasteiger partial charge on any atom is -0.349 e. The molecule has 0 unspecified atom stereocenters. The first-order valence-corrected chi connectivity index (χ1v) is 9.08. The summed E-state index contributed by atoms with van der Waals surface area (Å²) in [7, 11) is 1.81. The van der Waals surface area contributed by atoms with Crippen LogP contribution in [0.1, 0.15) is 10.5 Å². The van der Waals surface area contributed by atoms with E-state index in [0.717, 1.165) is 10.9 Å². The lowest BCUT2D eigenvalue weighted by Crippen LogP contribution is -2.39. The van der Waals surface area contributed by atoms with Gasteiger partial charge in [0.15, 0.2) is 0 Å². The molecule has 0 spiro atoms. The van der Waals surface area contributed by atoms with Crippen LogP contribution in [0.2, 0.25) is 5.02 Å². The van der Waals surface area contributed by atoms with Gasteiger partial charge in [0, 0.05) is 36.1 Å². The lowest BCUT2D eigenvalue weighted by molar-refractivity contribution is 0.0944. The van der Waals surface area contributed by atoms with E-state index in [0.29, 0.717) is 21.7 Å². The first-order chi connectivity index (χ1) is 13.5. The number of fused-ring (bicyclic) bond motifs is 2. The summed E-state index contributed by atoms with van der Waals surface area (Å²) >= 11 is 6.02. The van der Waals surface area contributed by atoms with E-state index in [2.05, 4.69) is 10.3 Å². The number of aromatic nitrogens is 3. The molecule has 2 aromatic carbocycles. The third-order valence-electron chi connectivity index (χ3n) is 4.74. The van der Waals surface area contributed by atoms with Gasteiger partial charge in [0.05, 0.1) is 11.0 Å². The van der Waals surface area contributed by atoms with Crippen LogP contribution in [0.15, 0.2) is 58.1 Å². The maximum Gasteiger partial charge on any atom is 0.316 e. The molecule has 7 nitrogen and oxygen atoms in total. The summed E-state index contributed by atoms with van der Waals surface area (Å²) < 4.78 is 3.16. The number of hydrogen-bond donors (Lipinski definition) is 2. The number of halogens is 1. The van der Waals surface area contributed by atoms with E-state index < -0.39 is 11.1 Å². The molecule has 2 heterocycles. The van der Waals surface area contributed by atoms with E-state index in [-0.39, 0.29) is 19.0 Å². The highest BCUT2D eigenvalue weighted by Crippen LogP contribution is 2.22. The second kappa shape index (κ2) is 7.01. The lowest BCUT2D eigenvalue weighted by Gasteiger charge is -2.11. The second-order valence-corrected chi connectivity index (χ2v) is 6.91. The van der Waals surface area contributed by atoms with Crippen molar-refractivity contribution in [3.63, 3.8) is 0 Å². The van der Waals surface area contributed by atoms with Crippen molar-refractivity contribution in [2.24, 2.45) is 7.05 Å². The molecular formula is C20H17ClN4O3. The number of amides is 1. The van der Waals surface area contributed by atoms with Gasteiger partial charge in [0.1, 0.15) is 5.69 Å². The zero-order valence-corrected chi connectivity index (χ0v) is 15.8. The van der Waals surface area contributed by atoms with Gasteiger partial charge in [-0.05, 0) is 36.4 Å². The molecule has 2 aromatic heterocycles. The molecule has 0 bridgehead atoms. The Bertz CT molecular complexity index is 1330. The summed E-state index contributed by atoms with van der Waals surface area (Å²) in [6.07, 6.45) is 0. The maximum absolute atomic E-state index is 12.6. The normalized spacial score (nSPS) is 11.2. The van der Waals surface area contributed by atoms with Gasteiger partial charge in [0.2, 0.25) is 0 Å². The van der Waals surface area contributed by atoms with Gasteiger partial charge >= 0.3 is 11.1 Å². The first kappa shape index (κ1) is 18.1. The minimum atomic E-state index is -0.685. The van der Waals surface area contributed by atoms with Crippen LogP contribution in [0.5, 0.6) is 0 Å². The average Bonchev–Trinajstić information content (AvgIpc) is 3.00. The number of nitrogens with zero attached hydrogens (tertiary/aromatic N) is 2. The third-order valence-corrected chi connectivity index (χ3v) is 4.98. The number of H-pyrrole nitrogens is 1. The SMILES string of the molecule is Cn1c(C(=O)NCCn2c(=O)c(=O)[nH]c3ccccc32)cc2cc(Cl)ccc21. The zero-order chi connectivity index (χ0) is 19.8. The molecule has 4 aromatic rings. The van der Waals surface area contributed by atoms with Crippen LogP contribution in [0, 0.1) is 0 Å². The molecule has 0 aliphatic rings. The monoisotopic (exact) mass is 396 g/mol. The summed E-state index contributed by atoms with van der Waals surface area (Å²) in [5.41, 5.74) is 1.24. The van der Waals surface area contributed by atoms with Crippen LogP contribution in [-0.4, -0.2) is 26.6 Å². The summed E-state index contributed by atoms with van der Waals surface area (Å²) in [5.74, 6) is -0.267. The van der Waals surface area contributed by atoms with Crippen LogP contribution in [-0.2, 0) is 13.6 Å². The van der Waals surface area contributed by atoms with E-state index in [4.69, 9.17) is 11.6 Å². The van der Waals surface area contributed by atoms with Crippen molar-refractivity contribution < 1.29 is 4.79 Å². The Labute approximate surface area is 164 Å². The van der Waals surface area contributed by atoms with Crippen molar-refractivity contribution in [1.82, 2.24) is 19.4 Å². The van der Waals surface area contributed by atoms with E-state index in [1.807, 2.05) is 6.07 Å². The zero-order valence-electron chi connectivity index (χ0n) is 15.0.